The molecule has 4 aliphatic rings. The Labute approximate surface area is 255 Å². The number of Topliss-reactive ketones (excluding diaryl/α,β-unsaturated/α-hetero) is 1. The van der Waals surface area contributed by atoms with Gasteiger partial charge < -0.3 is 20.9 Å². The molecule has 0 unspecified atom stereocenters. The third-order valence-corrected chi connectivity index (χ3v) is 10.3. The predicted octanol–water partition coefficient (Wildman–Crippen LogP) is 2.83. The van der Waals surface area contributed by atoms with Gasteiger partial charge in [0.05, 0.1) is 6.04 Å². The standard InChI is InChI=1S/C31H50ClN5O5/c1-7-11-20(24(38)28(41)33-18-14-15-18)34-27(40)23-21-19(31(21,5)6)16-37(23)29(42)25(30(2,3)4)35-26(39)22(36-32)17-12-9-8-10-13-17/h17-23,25,36H,7-16H2,1-6H3,(H,33,41)(H,34,40)(H,35,39)/t19-,20-,21-,22-,23-,25+/m0/s1. The average Bonchev–Trinajstić information content (AvgIpc) is 3.78. The maximum absolute atomic E-state index is 14.2. The van der Waals surface area contributed by atoms with E-state index in [1.165, 1.54) is 0 Å². The molecule has 0 spiro atoms. The minimum absolute atomic E-state index is 0.0339. The quantitative estimate of drug-likeness (QED) is 0.199. The van der Waals surface area contributed by atoms with Gasteiger partial charge in [-0.25, -0.2) is 4.84 Å². The molecule has 42 heavy (non-hydrogen) atoms. The largest absolute Gasteiger partial charge is 0.347 e. The van der Waals surface area contributed by atoms with E-state index >= 15 is 0 Å². The summed E-state index contributed by atoms with van der Waals surface area (Å²) in [6.07, 6.45) is 7.67. The average molecular weight is 608 g/mol. The van der Waals surface area contributed by atoms with Crippen molar-refractivity contribution < 1.29 is 24.0 Å². The fourth-order valence-electron chi connectivity index (χ4n) is 7.14. The molecule has 10 nitrogen and oxygen atoms in total. The summed E-state index contributed by atoms with van der Waals surface area (Å²) in [6, 6.07) is -3.21. The van der Waals surface area contributed by atoms with E-state index in [0.29, 0.717) is 19.4 Å². The van der Waals surface area contributed by atoms with E-state index in [1.54, 1.807) is 4.90 Å². The first-order chi connectivity index (χ1) is 19.7. The van der Waals surface area contributed by atoms with Crippen LogP contribution in [0.25, 0.3) is 0 Å². The zero-order valence-electron chi connectivity index (χ0n) is 26.1. The van der Waals surface area contributed by atoms with E-state index in [2.05, 4.69) is 34.6 Å². The van der Waals surface area contributed by atoms with Gasteiger partial charge in [0.2, 0.25) is 23.5 Å². The summed E-state index contributed by atoms with van der Waals surface area (Å²) in [5.74, 6) is -2.23. The molecule has 6 atom stereocenters. The fourth-order valence-corrected chi connectivity index (χ4v) is 7.41. The maximum atomic E-state index is 14.2. The molecule has 11 heteroatoms. The first-order valence-electron chi connectivity index (χ1n) is 15.8. The van der Waals surface area contributed by atoms with E-state index in [1.807, 2.05) is 27.7 Å². The number of ketones is 1. The summed E-state index contributed by atoms with van der Waals surface area (Å²) < 4.78 is 0. The molecule has 1 heterocycles. The van der Waals surface area contributed by atoms with Gasteiger partial charge in [0.1, 0.15) is 18.1 Å². The minimum Gasteiger partial charge on any atom is -0.347 e. The third kappa shape index (κ3) is 6.95. The third-order valence-electron chi connectivity index (χ3n) is 10.0. The van der Waals surface area contributed by atoms with Crippen molar-refractivity contribution in [2.24, 2.45) is 28.6 Å². The maximum Gasteiger partial charge on any atom is 0.289 e. The number of nitrogens with zero attached hydrogens (tertiary/aromatic N) is 1. The van der Waals surface area contributed by atoms with Gasteiger partial charge in [-0.2, -0.15) is 0 Å². The molecule has 3 aliphatic carbocycles. The van der Waals surface area contributed by atoms with Crippen LogP contribution in [-0.2, 0) is 24.0 Å². The second kappa shape index (κ2) is 12.8. The molecule has 1 saturated heterocycles. The van der Waals surface area contributed by atoms with Crippen LogP contribution in [0.5, 0.6) is 0 Å². The molecule has 4 fully saturated rings. The van der Waals surface area contributed by atoms with Crippen LogP contribution >= 0.6 is 11.8 Å². The molecule has 0 aromatic carbocycles. The number of carbonyl (C=O) groups is 5. The van der Waals surface area contributed by atoms with Crippen LogP contribution in [0.1, 0.15) is 99.3 Å². The van der Waals surface area contributed by atoms with Gasteiger partial charge in [-0.05, 0) is 72.5 Å². The summed E-state index contributed by atoms with van der Waals surface area (Å²) in [4.78, 5) is 71.4. The summed E-state index contributed by atoms with van der Waals surface area (Å²) >= 11 is 6.06. The Hall–Kier alpha value is -2.20. The van der Waals surface area contributed by atoms with E-state index in [-0.39, 0.29) is 41.0 Å². The van der Waals surface area contributed by atoms with Crippen molar-refractivity contribution >= 4 is 41.2 Å². The SMILES string of the molecule is CCC[C@H](NC(=O)[C@@H]1[C@@H]2[C@H](CN1C(=O)[C@@H](NC(=O)[C@@H](NCl)C1CCCCC1)C(C)(C)C)C2(C)C)C(=O)C(=O)NC1CC1. The number of rotatable bonds is 12. The summed E-state index contributed by atoms with van der Waals surface area (Å²) in [7, 11) is 0. The molecule has 236 valence electrons. The first kappa shape index (κ1) is 32.7. The smallest absolute Gasteiger partial charge is 0.289 e. The van der Waals surface area contributed by atoms with Crippen molar-refractivity contribution in [2.45, 2.75) is 130 Å². The Morgan fingerprint density at radius 2 is 1.62 bits per heavy atom. The van der Waals surface area contributed by atoms with Crippen LogP contribution in [0.3, 0.4) is 0 Å². The number of fused-ring (bicyclic) bond motifs is 1. The Balaban J connectivity index is 1.52. The first-order valence-corrected chi connectivity index (χ1v) is 16.2. The van der Waals surface area contributed by atoms with Crippen LogP contribution in [-0.4, -0.2) is 71.1 Å². The summed E-state index contributed by atoms with van der Waals surface area (Å²) in [6.45, 7) is 12.1. The topological polar surface area (TPSA) is 137 Å². The number of halogens is 1. The lowest BCUT2D eigenvalue weighted by Gasteiger charge is -2.39. The summed E-state index contributed by atoms with van der Waals surface area (Å²) in [5, 5.41) is 8.56. The Morgan fingerprint density at radius 1 is 0.976 bits per heavy atom. The van der Waals surface area contributed by atoms with Crippen molar-refractivity contribution in [3.8, 4) is 0 Å². The summed E-state index contributed by atoms with van der Waals surface area (Å²) in [5.41, 5.74) is -0.775. The Morgan fingerprint density at radius 3 is 2.17 bits per heavy atom. The molecule has 0 aromatic rings. The van der Waals surface area contributed by atoms with Crippen LogP contribution in [0.2, 0.25) is 0 Å². The van der Waals surface area contributed by atoms with Gasteiger partial charge in [0.25, 0.3) is 5.91 Å². The van der Waals surface area contributed by atoms with Crippen LogP contribution in [0.15, 0.2) is 0 Å². The van der Waals surface area contributed by atoms with Crippen molar-refractivity contribution in [3.63, 3.8) is 0 Å². The van der Waals surface area contributed by atoms with Crippen molar-refractivity contribution in [2.75, 3.05) is 6.54 Å². The van der Waals surface area contributed by atoms with Crippen LogP contribution in [0.4, 0.5) is 0 Å². The fraction of sp³-hybridized carbons (Fsp3) is 0.839. The highest BCUT2D eigenvalue weighted by Gasteiger charge is 2.70. The molecule has 0 aromatic heterocycles. The molecular formula is C31H50ClN5O5. The molecule has 0 bridgehead atoms. The minimum atomic E-state index is -0.955. The van der Waals surface area contributed by atoms with Crippen molar-refractivity contribution in [3.05, 3.63) is 0 Å². The van der Waals surface area contributed by atoms with Crippen LogP contribution in [0, 0.1) is 28.6 Å². The normalized spacial score (nSPS) is 27.3. The Bertz CT molecular complexity index is 1060. The van der Waals surface area contributed by atoms with Gasteiger partial charge in [-0.3, -0.25) is 24.0 Å². The number of nitrogens with one attached hydrogen (secondary N) is 4. The van der Waals surface area contributed by atoms with Crippen LogP contribution < -0.4 is 20.8 Å². The highest BCUT2D eigenvalue weighted by atomic mass is 35.5. The number of piperidine rings is 1. The highest BCUT2D eigenvalue weighted by Crippen LogP contribution is 2.65. The molecule has 0 radical (unpaired) electrons. The van der Waals surface area contributed by atoms with E-state index in [9.17, 15) is 24.0 Å². The van der Waals surface area contributed by atoms with Gasteiger partial charge in [-0.15, -0.1) is 0 Å². The molecule has 3 saturated carbocycles. The lowest BCUT2D eigenvalue weighted by molar-refractivity contribution is -0.147. The number of hydrogen-bond acceptors (Lipinski definition) is 6. The number of hydrogen-bond donors (Lipinski definition) is 4. The zero-order chi connectivity index (χ0) is 31.0. The van der Waals surface area contributed by atoms with Gasteiger partial charge >= 0.3 is 0 Å². The molecule has 4 N–H and O–H groups in total. The highest BCUT2D eigenvalue weighted by molar-refractivity contribution is 6.38. The second-order valence-electron chi connectivity index (χ2n) is 14.6. The molecule has 4 rings (SSSR count). The van der Waals surface area contributed by atoms with Crippen molar-refractivity contribution in [1.82, 2.24) is 25.7 Å². The monoisotopic (exact) mass is 607 g/mol. The lowest BCUT2D eigenvalue weighted by Crippen LogP contribution is -2.62. The Kier molecular flexibility index (Phi) is 9.97. The van der Waals surface area contributed by atoms with E-state index in [4.69, 9.17) is 11.8 Å². The van der Waals surface area contributed by atoms with E-state index < -0.39 is 47.2 Å². The molecule has 4 amide bonds. The van der Waals surface area contributed by atoms with E-state index in [0.717, 1.165) is 44.9 Å². The number of amides is 4. The lowest BCUT2D eigenvalue weighted by atomic mass is 9.82. The number of likely N-dealkylation sites (tertiary alicyclic amines) is 1. The van der Waals surface area contributed by atoms with Gasteiger partial charge in [0, 0.05) is 12.6 Å². The zero-order valence-corrected chi connectivity index (χ0v) is 26.8. The van der Waals surface area contributed by atoms with Crippen molar-refractivity contribution in [1.29, 1.82) is 0 Å². The number of carbonyl (C=O) groups excluding carboxylic acids is 5. The predicted molar refractivity (Wildman–Crippen MR) is 160 cm³/mol. The van der Waals surface area contributed by atoms with Gasteiger partial charge in [0.15, 0.2) is 0 Å². The second-order valence-corrected chi connectivity index (χ2v) is 14.9. The van der Waals surface area contributed by atoms with Gasteiger partial charge in [-0.1, -0.05) is 67.2 Å². The molecule has 1 aliphatic heterocycles. The molecular weight excluding hydrogens is 558 g/mol.